The molecular weight excluding hydrogens is 246 g/mol. The van der Waals surface area contributed by atoms with E-state index in [0.29, 0.717) is 6.04 Å². The quantitative estimate of drug-likeness (QED) is 0.881. The first-order valence-corrected chi connectivity index (χ1v) is 7.68. The van der Waals surface area contributed by atoms with Crippen LogP contribution in [0.15, 0.2) is 5.38 Å². The molecule has 0 bridgehead atoms. The molecule has 0 amide bonds. The fraction of sp³-hybridized carbons (Fsp3) is 0.769. The van der Waals surface area contributed by atoms with E-state index < -0.39 is 0 Å². The second-order valence-corrected chi connectivity index (χ2v) is 6.25. The standard InChI is InChI=1S/C13H21N3OS/c1-15(11-4-5-11)13-14-10(9-18-13)7-16-6-2-3-12(16)8-17/h9,11-12,17H,2-8H2,1H3/t12-/m1/s1. The molecular formula is C13H21N3OS. The van der Waals surface area contributed by atoms with Crippen molar-refractivity contribution in [3.8, 4) is 0 Å². The number of thiazole rings is 1. The van der Waals surface area contributed by atoms with Crippen LogP contribution in [0.1, 0.15) is 31.4 Å². The molecule has 1 atom stereocenters. The SMILES string of the molecule is CN(c1nc(CN2CCC[C@@H]2CO)cs1)C1CC1. The lowest BCUT2D eigenvalue weighted by atomic mass is 10.2. The molecule has 1 aromatic rings. The van der Waals surface area contributed by atoms with Crippen LogP contribution in [0.25, 0.3) is 0 Å². The fourth-order valence-electron chi connectivity index (χ4n) is 2.67. The minimum absolute atomic E-state index is 0.277. The predicted molar refractivity (Wildman–Crippen MR) is 74.1 cm³/mol. The zero-order valence-corrected chi connectivity index (χ0v) is 11.7. The zero-order valence-electron chi connectivity index (χ0n) is 10.9. The number of nitrogens with zero attached hydrogens (tertiary/aromatic N) is 3. The van der Waals surface area contributed by atoms with Gasteiger partial charge in [-0.1, -0.05) is 0 Å². The first kappa shape index (κ1) is 12.4. The van der Waals surface area contributed by atoms with Crippen LogP contribution in [0, 0.1) is 0 Å². The molecule has 1 aliphatic heterocycles. The number of likely N-dealkylation sites (tertiary alicyclic amines) is 1. The Labute approximate surface area is 112 Å². The number of rotatable bonds is 5. The maximum Gasteiger partial charge on any atom is 0.185 e. The summed E-state index contributed by atoms with van der Waals surface area (Å²) in [6, 6.07) is 1.07. The molecule has 4 nitrogen and oxygen atoms in total. The molecule has 1 saturated carbocycles. The molecule has 100 valence electrons. The van der Waals surface area contributed by atoms with Gasteiger partial charge in [-0.15, -0.1) is 11.3 Å². The van der Waals surface area contributed by atoms with Crippen LogP contribution in [-0.2, 0) is 6.54 Å². The number of hydrogen-bond acceptors (Lipinski definition) is 5. The van der Waals surface area contributed by atoms with Crippen molar-refractivity contribution in [3.63, 3.8) is 0 Å². The maximum atomic E-state index is 9.32. The van der Waals surface area contributed by atoms with Crippen molar-refractivity contribution < 1.29 is 5.11 Å². The minimum Gasteiger partial charge on any atom is -0.395 e. The van der Waals surface area contributed by atoms with Gasteiger partial charge in [0.1, 0.15) is 0 Å². The van der Waals surface area contributed by atoms with Gasteiger partial charge in [-0.05, 0) is 32.2 Å². The van der Waals surface area contributed by atoms with Crippen molar-refractivity contribution in [1.29, 1.82) is 0 Å². The largest absolute Gasteiger partial charge is 0.395 e. The van der Waals surface area contributed by atoms with E-state index in [2.05, 4.69) is 22.2 Å². The number of aliphatic hydroxyl groups excluding tert-OH is 1. The molecule has 18 heavy (non-hydrogen) atoms. The van der Waals surface area contributed by atoms with Gasteiger partial charge in [-0.3, -0.25) is 4.90 Å². The zero-order chi connectivity index (χ0) is 12.5. The summed E-state index contributed by atoms with van der Waals surface area (Å²) < 4.78 is 0. The van der Waals surface area contributed by atoms with Crippen molar-refractivity contribution in [2.75, 3.05) is 25.1 Å². The molecule has 5 heteroatoms. The van der Waals surface area contributed by atoms with Crippen molar-refractivity contribution in [1.82, 2.24) is 9.88 Å². The van der Waals surface area contributed by atoms with Gasteiger partial charge in [0.15, 0.2) is 5.13 Å². The van der Waals surface area contributed by atoms with E-state index in [1.165, 1.54) is 19.3 Å². The summed E-state index contributed by atoms with van der Waals surface area (Å²) in [5, 5.41) is 12.6. The molecule has 1 saturated heterocycles. The highest BCUT2D eigenvalue weighted by molar-refractivity contribution is 7.13. The molecule has 2 aliphatic rings. The summed E-state index contributed by atoms with van der Waals surface area (Å²) in [7, 11) is 2.15. The molecule has 0 aromatic carbocycles. The first-order chi connectivity index (χ1) is 8.78. The second-order valence-electron chi connectivity index (χ2n) is 5.41. The number of anilines is 1. The van der Waals surface area contributed by atoms with Crippen molar-refractivity contribution in [2.24, 2.45) is 0 Å². The highest BCUT2D eigenvalue weighted by atomic mass is 32.1. The number of aliphatic hydroxyl groups is 1. The van der Waals surface area contributed by atoms with E-state index in [4.69, 9.17) is 4.98 Å². The third-order valence-electron chi connectivity index (χ3n) is 4.01. The Kier molecular flexibility index (Phi) is 3.54. The van der Waals surface area contributed by atoms with Gasteiger partial charge >= 0.3 is 0 Å². The van der Waals surface area contributed by atoms with Crippen LogP contribution >= 0.6 is 11.3 Å². The molecule has 0 radical (unpaired) electrons. The van der Waals surface area contributed by atoms with Gasteiger partial charge in [0.2, 0.25) is 0 Å². The molecule has 3 rings (SSSR count). The smallest absolute Gasteiger partial charge is 0.185 e. The number of aromatic nitrogens is 1. The first-order valence-electron chi connectivity index (χ1n) is 6.80. The Morgan fingerprint density at radius 3 is 3.06 bits per heavy atom. The van der Waals surface area contributed by atoms with Crippen LogP contribution in [0.4, 0.5) is 5.13 Å². The lowest BCUT2D eigenvalue weighted by Crippen LogP contribution is -2.31. The lowest BCUT2D eigenvalue weighted by Gasteiger charge is -2.21. The monoisotopic (exact) mass is 267 g/mol. The third kappa shape index (κ3) is 2.53. The molecule has 1 aromatic heterocycles. The van der Waals surface area contributed by atoms with Gasteiger partial charge in [-0.2, -0.15) is 0 Å². The predicted octanol–water partition coefficient (Wildman–Crippen LogP) is 1.70. The van der Waals surface area contributed by atoms with Crippen LogP contribution < -0.4 is 4.90 Å². The molecule has 1 aliphatic carbocycles. The maximum absolute atomic E-state index is 9.32. The van der Waals surface area contributed by atoms with Gasteiger partial charge < -0.3 is 10.0 Å². The summed E-state index contributed by atoms with van der Waals surface area (Å²) in [5.41, 5.74) is 1.16. The second kappa shape index (κ2) is 5.15. The topological polar surface area (TPSA) is 39.6 Å². The van der Waals surface area contributed by atoms with Gasteiger partial charge in [0, 0.05) is 31.1 Å². The van der Waals surface area contributed by atoms with E-state index >= 15 is 0 Å². The molecule has 1 N–H and O–H groups in total. The molecule has 2 fully saturated rings. The Morgan fingerprint density at radius 2 is 2.33 bits per heavy atom. The van der Waals surface area contributed by atoms with Gasteiger partial charge in [0.05, 0.1) is 12.3 Å². The van der Waals surface area contributed by atoms with Crippen LogP contribution in [0.2, 0.25) is 0 Å². The van der Waals surface area contributed by atoms with Gasteiger partial charge in [0.25, 0.3) is 0 Å². The summed E-state index contributed by atoms with van der Waals surface area (Å²) >= 11 is 1.74. The van der Waals surface area contributed by atoms with E-state index in [-0.39, 0.29) is 6.61 Å². The van der Waals surface area contributed by atoms with E-state index in [1.54, 1.807) is 11.3 Å². The van der Waals surface area contributed by atoms with Crippen molar-refractivity contribution in [2.45, 2.75) is 44.3 Å². The average Bonchev–Trinajstić information content (AvgIpc) is 2.96. The number of hydrogen-bond donors (Lipinski definition) is 1. The third-order valence-corrected chi connectivity index (χ3v) is 4.99. The van der Waals surface area contributed by atoms with Crippen LogP contribution in [0.3, 0.4) is 0 Å². The van der Waals surface area contributed by atoms with Gasteiger partial charge in [-0.25, -0.2) is 4.98 Å². The molecule has 2 heterocycles. The van der Waals surface area contributed by atoms with E-state index in [0.717, 1.165) is 36.4 Å². The summed E-state index contributed by atoms with van der Waals surface area (Å²) in [6.07, 6.45) is 4.94. The van der Waals surface area contributed by atoms with Crippen molar-refractivity contribution >= 4 is 16.5 Å². The average molecular weight is 267 g/mol. The van der Waals surface area contributed by atoms with Crippen LogP contribution in [-0.4, -0.2) is 47.3 Å². The Hall–Kier alpha value is -0.650. The Bertz CT molecular complexity index is 405. The minimum atomic E-state index is 0.277. The lowest BCUT2D eigenvalue weighted by molar-refractivity contribution is 0.152. The fourth-order valence-corrected chi connectivity index (χ4v) is 3.52. The van der Waals surface area contributed by atoms with Crippen LogP contribution in [0.5, 0.6) is 0 Å². The Balaban J connectivity index is 1.62. The molecule has 0 spiro atoms. The molecule has 0 unspecified atom stereocenters. The van der Waals surface area contributed by atoms with Crippen molar-refractivity contribution in [3.05, 3.63) is 11.1 Å². The highest BCUT2D eigenvalue weighted by Crippen LogP contribution is 2.32. The summed E-state index contributed by atoms with van der Waals surface area (Å²) in [6.45, 7) is 2.26. The normalized spacial score (nSPS) is 24.7. The Morgan fingerprint density at radius 1 is 1.50 bits per heavy atom. The van der Waals surface area contributed by atoms with E-state index in [9.17, 15) is 5.11 Å². The van der Waals surface area contributed by atoms with E-state index in [1.807, 2.05) is 0 Å². The highest BCUT2D eigenvalue weighted by Gasteiger charge is 2.29. The summed E-state index contributed by atoms with van der Waals surface area (Å²) in [4.78, 5) is 9.39. The summed E-state index contributed by atoms with van der Waals surface area (Å²) in [5.74, 6) is 0.